The van der Waals surface area contributed by atoms with Gasteiger partial charge in [-0.05, 0) is 25.5 Å². The van der Waals surface area contributed by atoms with E-state index in [9.17, 15) is 0 Å². The molecule has 1 saturated heterocycles. The molecule has 5 nitrogen and oxygen atoms in total. The first-order chi connectivity index (χ1) is 9.31. The number of fused-ring (bicyclic) bond motifs is 1. The highest BCUT2D eigenvalue weighted by Crippen LogP contribution is 2.26. The third-order valence-corrected chi connectivity index (χ3v) is 3.84. The number of nitrogens with zero attached hydrogens (tertiary/aromatic N) is 4. The molecule has 0 bridgehead atoms. The highest BCUT2D eigenvalue weighted by atomic mass is 15.2. The number of nitrogens with one attached hydrogen (secondary N) is 1. The predicted octanol–water partition coefficient (Wildman–Crippen LogP) is 1.55. The average Bonchev–Trinajstić information content (AvgIpc) is 3.06. The Morgan fingerprint density at radius 1 is 1.47 bits per heavy atom. The summed E-state index contributed by atoms with van der Waals surface area (Å²) in [7, 11) is 2.03. The minimum Gasteiger partial charge on any atom is -0.350 e. The molecule has 19 heavy (non-hydrogen) atoms. The molecule has 1 aliphatic heterocycles. The summed E-state index contributed by atoms with van der Waals surface area (Å²) < 4.78 is 2.05. The van der Waals surface area contributed by atoms with Crippen molar-refractivity contribution < 1.29 is 0 Å². The first-order valence-electron chi connectivity index (χ1n) is 7.04. The standard InChI is InChI=1S/C14H21N5/c1-3-8-19(11-4-6-15-9-11)14-13-12(5-7-16-14)18(2)10-17-13/h5,7,10-11,15H,3-4,6,8-9H2,1-2H3. The summed E-state index contributed by atoms with van der Waals surface area (Å²) in [5.41, 5.74) is 2.17. The second-order valence-corrected chi connectivity index (χ2v) is 5.20. The van der Waals surface area contributed by atoms with E-state index in [1.165, 1.54) is 6.42 Å². The lowest BCUT2D eigenvalue weighted by molar-refractivity contribution is 0.620. The van der Waals surface area contributed by atoms with E-state index in [-0.39, 0.29) is 0 Å². The van der Waals surface area contributed by atoms with Crippen molar-refractivity contribution in [1.82, 2.24) is 19.9 Å². The molecule has 1 N–H and O–H groups in total. The van der Waals surface area contributed by atoms with Crippen LogP contribution in [0.1, 0.15) is 19.8 Å². The largest absolute Gasteiger partial charge is 0.350 e. The molecule has 1 unspecified atom stereocenters. The second-order valence-electron chi connectivity index (χ2n) is 5.20. The van der Waals surface area contributed by atoms with E-state index in [4.69, 9.17) is 0 Å². The first kappa shape index (κ1) is 12.4. The van der Waals surface area contributed by atoms with Crippen LogP contribution in [0, 0.1) is 0 Å². The number of pyridine rings is 1. The van der Waals surface area contributed by atoms with Gasteiger partial charge < -0.3 is 14.8 Å². The third kappa shape index (κ3) is 2.18. The predicted molar refractivity (Wildman–Crippen MR) is 77.4 cm³/mol. The number of anilines is 1. The fourth-order valence-electron chi connectivity index (χ4n) is 2.87. The molecule has 0 radical (unpaired) electrons. The van der Waals surface area contributed by atoms with E-state index in [0.717, 1.165) is 42.9 Å². The molecule has 0 aliphatic carbocycles. The summed E-state index contributed by atoms with van der Waals surface area (Å²) in [6.45, 7) is 5.40. The lowest BCUT2D eigenvalue weighted by atomic mass is 10.2. The van der Waals surface area contributed by atoms with Gasteiger partial charge in [0.15, 0.2) is 5.82 Å². The van der Waals surface area contributed by atoms with Crippen molar-refractivity contribution in [1.29, 1.82) is 0 Å². The Bertz CT molecular complexity index is 556. The van der Waals surface area contributed by atoms with Crippen LogP contribution < -0.4 is 10.2 Å². The van der Waals surface area contributed by atoms with Crippen LogP contribution in [0.15, 0.2) is 18.6 Å². The van der Waals surface area contributed by atoms with Crippen LogP contribution in [0.4, 0.5) is 5.82 Å². The van der Waals surface area contributed by atoms with Crippen LogP contribution in [0.2, 0.25) is 0 Å². The number of aryl methyl sites for hydroxylation is 1. The molecule has 2 aromatic rings. The number of hydrogen-bond acceptors (Lipinski definition) is 4. The SMILES string of the molecule is CCCN(c1nccc2c1ncn2C)C1CCNC1. The van der Waals surface area contributed by atoms with E-state index in [0.29, 0.717) is 6.04 Å². The monoisotopic (exact) mass is 259 g/mol. The van der Waals surface area contributed by atoms with Crippen molar-refractivity contribution in [3.8, 4) is 0 Å². The van der Waals surface area contributed by atoms with E-state index in [1.54, 1.807) is 0 Å². The summed E-state index contributed by atoms with van der Waals surface area (Å²) in [5.74, 6) is 1.04. The maximum absolute atomic E-state index is 4.61. The molecule has 0 amide bonds. The fourth-order valence-corrected chi connectivity index (χ4v) is 2.87. The van der Waals surface area contributed by atoms with Crippen LogP contribution in [0.25, 0.3) is 11.0 Å². The van der Waals surface area contributed by atoms with Crippen molar-refractivity contribution in [2.75, 3.05) is 24.5 Å². The van der Waals surface area contributed by atoms with E-state index < -0.39 is 0 Å². The van der Waals surface area contributed by atoms with Crippen molar-refractivity contribution in [2.45, 2.75) is 25.8 Å². The van der Waals surface area contributed by atoms with Gasteiger partial charge in [-0.3, -0.25) is 0 Å². The van der Waals surface area contributed by atoms with Gasteiger partial charge in [-0.2, -0.15) is 0 Å². The maximum atomic E-state index is 4.61. The number of imidazole rings is 1. The Kier molecular flexibility index (Phi) is 3.38. The molecule has 1 atom stereocenters. The molecule has 3 rings (SSSR count). The summed E-state index contributed by atoms with van der Waals surface area (Å²) in [6.07, 6.45) is 6.07. The van der Waals surface area contributed by atoms with Gasteiger partial charge in [-0.1, -0.05) is 6.92 Å². The number of rotatable bonds is 4. The summed E-state index contributed by atoms with van der Waals surface area (Å²) in [6, 6.07) is 2.57. The Morgan fingerprint density at radius 2 is 2.37 bits per heavy atom. The van der Waals surface area contributed by atoms with E-state index >= 15 is 0 Å². The van der Waals surface area contributed by atoms with Gasteiger partial charge in [0, 0.05) is 32.4 Å². The minimum atomic E-state index is 0.542. The van der Waals surface area contributed by atoms with Gasteiger partial charge in [0.1, 0.15) is 5.52 Å². The smallest absolute Gasteiger partial charge is 0.157 e. The molecule has 1 aliphatic rings. The molecule has 0 aromatic carbocycles. The number of hydrogen-bond donors (Lipinski definition) is 1. The van der Waals surface area contributed by atoms with Gasteiger partial charge in [0.05, 0.1) is 11.8 Å². The van der Waals surface area contributed by atoms with Gasteiger partial charge >= 0.3 is 0 Å². The van der Waals surface area contributed by atoms with Gasteiger partial charge in [0.2, 0.25) is 0 Å². The first-order valence-corrected chi connectivity index (χ1v) is 7.04. The highest BCUT2D eigenvalue weighted by molar-refractivity contribution is 5.86. The molecule has 2 aromatic heterocycles. The molecule has 5 heteroatoms. The van der Waals surface area contributed by atoms with E-state index in [2.05, 4.69) is 31.7 Å². The zero-order chi connectivity index (χ0) is 13.2. The lowest BCUT2D eigenvalue weighted by Crippen LogP contribution is -2.38. The van der Waals surface area contributed by atoms with Crippen molar-refractivity contribution >= 4 is 16.9 Å². The summed E-state index contributed by atoms with van der Waals surface area (Å²) in [5, 5.41) is 3.44. The Labute approximate surface area is 113 Å². The Morgan fingerprint density at radius 3 is 3.11 bits per heavy atom. The highest BCUT2D eigenvalue weighted by Gasteiger charge is 2.25. The summed E-state index contributed by atoms with van der Waals surface area (Å²) in [4.78, 5) is 11.6. The second kappa shape index (κ2) is 5.17. The quantitative estimate of drug-likeness (QED) is 0.905. The van der Waals surface area contributed by atoms with Crippen LogP contribution in [-0.2, 0) is 7.05 Å². The van der Waals surface area contributed by atoms with Gasteiger partial charge in [-0.25, -0.2) is 9.97 Å². The van der Waals surface area contributed by atoms with Crippen molar-refractivity contribution in [3.05, 3.63) is 18.6 Å². The maximum Gasteiger partial charge on any atom is 0.157 e. The molecule has 102 valence electrons. The molecule has 0 saturated carbocycles. The van der Waals surface area contributed by atoms with Crippen LogP contribution >= 0.6 is 0 Å². The minimum absolute atomic E-state index is 0.542. The fraction of sp³-hybridized carbons (Fsp3) is 0.571. The van der Waals surface area contributed by atoms with Crippen LogP contribution in [0.5, 0.6) is 0 Å². The topological polar surface area (TPSA) is 46.0 Å². The molecular formula is C14H21N5. The van der Waals surface area contributed by atoms with E-state index in [1.807, 2.05) is 25.6 Å². The summed E-state index contributed by atoms with van der Waals surface area (Å²) >= 11 is 0. The zero-order valence-corrected chi connectivity index (χ0v) is 11.6. The molecule has 1 fully saturated rings. The molecule has 0 spiro atoms. The molecular weight excluding hydrogens is 238 g/mol. The van der Waals surface area contributed by atoms with Crippen LogP contribution in [-0.4, -0.2) is 40.2 Å². The third-order valence-electron chi connectivity index (χ3n) is 3.84. The average molecular weight is 259 g/mol. The zero-order valence-electron chi connectivity index (χ0n) is 11.6. The Balaban J connectivity index is 2.03. The van der Waals surface area contributed by atoms with Crippen molar-refractivity contribution in [2.24, 2.45) is 7.05 Å². The lowest BCUT2D eigenvalue weighted by Gasteiger charge is -2.29. The van der Waals surface area contributed by atoms with Gasteiger partial charge in [-0.15, -0.1) is 0 Å². The van der Waals surface area contributed by atoms with Crippen molar-refractivity contribution in [3.63, 3.8) is 0 Å². The normalized spacial score (nSPS) is 19.2. The molecule has 3 heterocycles. The van der Waals surface area contributed by atoms with Crippen LogP contribution in [0.3, 0.4) is 0 Å². The van der Waals surface area contributed by atoms with Gasteiger partial charge in [0.25, 0.3) is 0 Å². The number of aromatic nitrogens is 3. The Hall–Kier alpha value is -1.62.